The van der Waals surface area contributed by atoms with Crippen LogP contribution in [0.2, 0.25) is 0 Å². The Labute approximate surface area is 193 Å². The number of rotatable bonds is 7. The Balaban J connectivity index is 1.35. The number of amides is 3. The van der Waals surface area contributed by atoms with Crippen LogP contribution in [-0.4, -0.2) is 68.6 Å². The largest absolute Gasteiger partial charge is 0.379 e. The van der Waals surface area contributed by atoms with Gasteiger partial charge in [0, 0.05) is 44.8 Å². The zero-order valence-corrected chi connectivity index (χ0v) is 18.9. The Morgan fingerprint density at radius 2 is 1.88 bits per heavy atom. The molecule has 8 nitrogen and oxygen atoms in total. The number of carbonyl (C=O) groups is 3. The summed E-state index contributed by atoms with van der Waals surface area (Å²) in [5.74, 6) is -1.04. The number of carbonyl (C=O) groups excluding carboxylic acids is 3. The van der Waals surface area contributed by atoms with Gasteiger partial charge in [-0.2, -0.15) is 0 Å². The molecule has 0 unspecified atom stereocenters. The second kappa shape index (κ2) is 10.6. The van der Waals surface area contributed by atoms with Crippen molar-refractivity contribution in [2.24, 2.45) is 5.92 Å². The molecule has 0 radical (unpaired) electrons. The molecule has 3 amide bonds. The maximum atomic E-state index is 13.0. The van der Waals surface area contributed by atoms with E-state index in [0.29, 0.717) is 37.6 Å². The van der Waals surface area contributed by atoms with Gasteiger partial charge in [0.15, 0.2) is 0 Å². The van der Waals surface area contributed by atoms with E-state index in [1.54, 1.807) is 29.2 Å². The third-order valence-electron chi connectivity index (χ3n) is 6.06. The van der Waals surface area contributed by atoms with E-state index in [1.807, 2.05) is 31.2 Å². The van der Waals surface area contributed by atoms with E-state index in [4.69, 9.17) is 4.74 Å². The Bertz CT molecular complexity index is 1020. The molecule has 0 spiro atoms. The van der Waals surface area contributed by atoms with Crippen LogP contribution in [0.3, 0.4) is 0 Å². The monoisotopic (exact) mass is 450 g/mol. The summed E-state index contributed by atoms with van der Waals surface area (Å²) in [5, 5.41) is 5.81. The van der Waals surface area contributed by atoms with Gasteiger partial charge in [-0.1, -0.05) is 24.3 Å². The van der Waals surface area contributed by atoms with Gasteiger partial charge in [0.05, 0.1) is 30.4 Å². The Morgan fingerprint density at radius 3 is 2.67 bits per heavy atom. The average Bonchev–Trinajstić information content (AvgIpc) is 3.22. The van der Waals surface area contributed by atoms with E-state index < -0.39 is 5.92 Å². The van der Waals surface area contributed by atoms with Crippen LogP contribution in [0.5, 0.6) is 0 Å². The lowest BCUT2D eigenvalue weighted by Crippen LogP contribution is -2.41. The van der Waals surface area contributed by atoms with Gasteiger partial charge in [0.1, 0.15) is 0 Å². The highest BCUT2D eigenvalue weighted by molar-refractivity contribution is 6.07. The molecule has 0 bridgehead atoms. The standard InChI is InChI=1S/C25H30N4O4/c1-18-5-4-6-20(15-18)29-17-19(16-23(29)30)24(31)27-22-8-3-2-7-21(22)25(32)26-9-10-28-11-13-33-14-12-28/h2-8,15,19H,9-14,16-17H2,1H3,(H,26,32)(H,27,31)/t19-/m1/s1. The van der Waals surface area contributed by atoms with Gasteiger partial charge in [-0.05, 0) is 36.8 Å². The van der Waals surface area contributed by atoms with E-state index in [2.05, 4.69) is 15.5 Å². The third-order valence-corrected chi connectivity index (χ3v) is 6.06. The van der Waals surface area contributed by atoms with Gasteiger partial charge in [-0.3, -0.25) is 19.3 Å². The highest BCUT2D eigenvalue weighted by atomic mass is 16.5. The first kappa shape index (κ1) is 22.9. The fourth-order valence-electron chi connectivity index (χ4n) is 4.20. The van der Waals surface area contributed by atoms with Crippen molar-refractivity contribution in [1.82, 2.24) is 10.2 Å². The third kappa shape index (κ3) is 5.77. The van der Waals surface area contributed by atoms with Crippen molar-refractivity contribution in [2.75, 3.05) is 56.2 Å². The lowest BCUT2D eigenvalue weighted by atomic mass is 10.1. The minimum atomic E-state index is -0.476. The predicted octanol–water partition coefficient (Wildman–Crippen LogP) is 2.05. The summed E-state index contributed by atoms with van der Waals surface area (Å²) in [6, 6.07) is 14.6. The number of ether oxygens (including phenoxy) is 1. The molecule has 2 saturated heterocycles. The maximum Gasteiger partial charge on any atom is 0.253 e. The van der Waals surface area contributed by atoms with E-state index in [9.17, 15) is 14.4 Å². The van der Waals surface area contributed by atoms with Crippen LogP contribution in [0.15, 0.2) is 48.5 Å². The minimum absolute atomic E-state index is 0.0742. The predicted molar refractivity (Wildman–Crippen MR) is 126 cm³/mol. The number of aryl methyl sites for hydroxylation is 1. The highest BCUT2D eigenvalue weighted by Crippen LogP contribution is 2.27. The van der Waals surface area contributed by atoms with Crippen molar-refractivity contribution in [3.63, 3.8) is 0 Å². The molecule has 2 aliphatic heterocycles. The second-order valence-electron chi connectivity index (χ2n) is 8.49. The van der Waals surface area contributed by atoms with E-state index in [1.165, 1.54) is 0 Å². The Hall–Kier alpha value is -3.23. The number of nitrogens with zero attached hydrogens (tertiary/aromatic N) is 2. The molecule has 0 aliphatic carbocycles. The van der Waals surface area contributed by atoms with Crippen molar-refractivity contribution >= 4 is 29.1 Å². The normalized spacial score (nSPS) is 18.9. The molecule has 4 rings (SSSR count). The van der Waals surface area contributed by atoms with Crippen LogP contribution in [0.25, 0.3) is 0 Å². The van der Waals surface area contributed by atoms with E-state index in [-0.39, 0.29) is 24.1 Å². The van der Waals surface area contributed by atoms with Crippen LogP contribution in [0.4, 0.5) is 11.4 Å². The number of nitrogens with one attached hydrogen (secondary N) is 2. The van der Waals surface area contributed by atoms with Crippen LogP contribution in [-0.2, 0) is 14.3 Å². The first-order valence-electron chi connectivity index (χ1n) is 11.4. The number of benzene rings is 2. The van der Waals surface area contributed by atoms with Crippen LogP contribution in [0, 0.1) is 12.8 Å². The van der Waals surface area contributed by atoms with Gasteiger partial charge in [-0.25, -0.2) is 0 Å². The summed E-state index contributed by atoms with van der Waals surface area (Å²) in [4.78, 5) is 42.2. The van der Waals surface area contributed by atoms with Crippen LogP contribution in [0.1, 0.15) is 22.3 Å². The number of anilines is 2. The SMILES string of the molecule is Cc1cccc(N2C[C@H](C(=O)Nc3ccccc3C(=O)NCCN3CCOCC3)CC2=O)c1. The molecule has 2 heterocycles. The van der Waals surface area contributed by atoms with Gasteiger partial charge < -0.3 is 20.3 Å². The Morgan fingerprint density at radius 1 is 1.09 bits per heavy atom. The molecule has 2 aromatic carbocycles. The first-order chi connectivity index (χ1) is 16.0. The smallest absolute Gasteiger partial charge is 0.253 e. The van der Waals surface area contributed by atoms with E-state index in [0.717, 1.165) is 30.9 Å². The lowest BCUT2D eigenvalue weighted by Gasteiger charge is -2.26. The molecule has 2 aromatic rings. The fourth-order valence-corrected chi connectivity index (χ4v) is 4.20. The number of para-hydroxylation sites is 1. The average molecular weight is 451 g/mol. The van der Waals surface area contributed by atoms with Crippen molar-refractivity contribution in [1.29, 1.82) is 0 Å². The summed E-state index contributed by atoms with van der Waals surface area (Å²) in [6.45, 7) is 6.72. The number of hydrogen-bond donors (Lipinski definition) is 2. The van der Waals surface area contributed by atoms with Gasteiger partial charge >= 0.3 is 0 Å². The maximum absolute atomic E-state index is 13.0. The highest BCUT2D eigenvalue weighted by Gasteiger charge is 2.35. The molecule has 0 saturated carbocycles. The molecular formula is C25H30N4O4. The van der Waals surface area contributed by atoms with Crippen molar-refractivity contribution in [2.45, 2.75) is 13.3 Å². The van der Waals surface area contributed by atoms with Gasteiger partial charge in [0.25, 0.3) is 5.91 Å². The van der Waals surface area contributed by atoms with Crippen molar-refractivity contribution < 1.29 is 19.1 Å². The van der Waals surface area contributed by atoms with Gasteiger partial charge in [-0.15, -0.1) is 0 Å². The summed E-state index contributed by atoms with van der Waals surface area (Å²) in [5.41, 5.74) is 2.72. The summed E-state index contributed by atoms with van der Waals surface area (Å²) >= 11 is 0. The summed E-state index contributed by atoms with van der Waals surface area (Å²) in [6.07, 6.45) is 0.147. The topological polar surface area (TPSA) is 91.0 Å². The molecule has 0 aromatic heterocycles. The minimum Gasteiger partial charge on any atom is -0.379 e. The van der Waals surface area contributed by atoms with Crippen molar-refractivity contribution in [3.8, 4) is 0 Å². The first-order valence-corrected chi connectivity index (χ1v) is 11.4. The molecule has 8 heteroatoms. The van der Waals surface area contributed by atoms with E-state index >= 15 is 0 Å². The quantitative estimate of drug-likeness (QED) is 0.674. The molecule has 33 heavy (non-hydrogen) atoms. The molecule has 2 N–H and O–H groups in total. The number of morpholine rings is 1. The molecule has 2 fully saturated rings. The Kier molecular flexibility index (Phi) is 7.36. The number of hydrogen-bond acceptors (Lipinski definition) is 5. The lowest BCUT2D eigenvalue weighted by molar-refractivity contribution is -0.122. The van der Waals surface area contributed by atoms with Crippen LogP contribution < -0.4 is 15.5 Å². The second-order valence-corrected chi connectivity index (χ2v) is 8.49. The molecule has 2 aliphatic rings. The zero-order chi connectivity index (χ0) is 23.2. The zero-order valence-electron chi connectivity index (χ0n) is 18.9. The molecular weight excluding hydrogens is 420 g/mol. The fraction of sp³-hybridized carbons (Fsp3) is 0.400. The summed E-state index contributed by atoms with van der Waals surface area (Å²) < 4.78 is 5.34. The van der Waals surface area contributed by atoms with Crippen LogP contribution >= 0.6 is 0 Å². The van der Waals surface area contributed by atoms with Gasteiger partial charge in [0.2, 0.25) is 11.8 Å². The molecule has 174 valence electrons. The van der Waals surface area contributed by atoms with Crippen molar-refractivity contribution in [3.05, 3.63) is 59.7 Å². The summed E-state index contributed by atoms with van der Waals surface area (Å²) in [7, 11) is 0. The molecule has 1 atom stereocenters.